The van der Waals surface area contributed by atoms with Crippen LogP contribution in [0, 0.1) is 0 Å². The topological polar surface area (TPSA) is 113 Å². The molecule has 0 bridgehead atoms. The Morgan fingerprint density at radius 1 is 1.53 bits per heavy atom. The normalized spacial score (nSPS) is 17.9. The largest absolute Gasteiger partial charge is 0.476 e. The Morgan fingerprint density at radius 2 is 2.13 bits per heavy atom. The number of amides is 1. The molecule has 1 amide bonds. The molecule has 0 fully saturated rings. The van der Waals surface area contributed by atoms with E-state index in [1.807, 2.05) is 0 Å². The van der Waals surface area contributed by atoms with Gasteiger partial charge in [0.2, 0.25) is 0 Å². The molecule has 0 aliphatic carbocycles. The molecule has 82 valence electrons. The lowest BCUT2D eigenvalue weighted by molar-refractivity contribution is -0.129. The van der Waals surface area contributed by atoms with E-state index in [-0.39, 0.29) is 6.54 Å². The fraction of sp³-hybridized carbons (Fsp3) is 0.286. The summed E-state index contributed by atoms with van der Waals surface area (Å²) in [5.41, 5.74) is -0.656. The highest BCUT2D eigenvalue weighted by Crippen LogP contribution is 2.16. The quantitative estimate of drug-likeness (QED) is 0.639. The molecule has 1 aliphatic rings. The number of carboxylic acid groups (broad SMARTS) is 1. The highest BCUT2D eigenvalue weighted by Gasteiger charge is 2.32. The van der Waals surface area contributed by atoms with Crippen molar-refractivity contribution in [1.29, 1.82) is 0 Å². The third-order valence-corrected chi connectivity index (χ3v) is 2.84. The Labute approximate surface area is 85.6 Å². The van der Waals surface area contributed by atoms with Crippen LogP contribution in [0.15, 0.2) is 15.4 Å². The minimum absolute atomic E-state index is 0.244. The van der Waals surface area contributed by atoms with Gasteiger partial charge >= 0.3 is 5.97 Å². The van der Waals surface area contributed by atoms with Crippen LogP contribution < -0.4 is 5.32 Å². The van der Waals surface area contributed by atoms with Gasteiger partial charge in [-0.25, -0.2) is 4.79 Å². The van der Waals surface area contributed by atoms with Crippen LogP contribution in [0.2, 0.25) is 0 Å². The zero-order valence-electron chi connectivity index (χ0n) is 7.72. The minimum atomic E-state index is -4.15. The third kappa shape index (κ3) is 2.21. The van der Waals surface area contributed by atoms with Gasteiger partial charge in [-0.3, -0.25) is 4.79 Å². The van der Waals surface area contributed by atoms with Gasteiger partial charge in [-0.1, -0.05) is 0 Å². The first kappa shape index (κ1) is 11.4. The van der Waals surface area contributed by atoms with Crippen molar-refractivity contribution in [3.05, 3.63) is 11.0 Å². The summed E-state index contributed by atoms with van der Waals surface area (Å²) in [5.74, 6) is -2.34. The molecule has 0 aromatic carbocycles. The Morgan fingerprint density at radius 3 is 2.53 bits per heavy atom. The highest BCUT2D eigenvalue weighted by atomic mass is 32.2. The van der Waals surface area contributed by atoms with Crippen LogP contribution in [0.4, 0.5) is 0 Å². The summed E-state index contributed by atoms with van der Waals surface area (Å²) >= 11 is 0. The lowest BCUT2D eigenvalue weighted by Gasteiger charge is -1.99. The maximum absolute atomic E-state index is 11.2. The summed E-state index contributed by atoms with van der Waals surface area (Å²) in [7, 11) is -4.15. The van der Waals surface area contributed by atoms with Crippen molar-refractivity contribution in [1.82, 2.24) is 5.32 Å². The summed E-state index contributed by atoms with van der Waals surface area (Å²) in [5, 5.41) is 10.8. The lowest BCUT2D eigenvalue weighted by Crippen LogP contribution is -2.26. The molecule has 2 N–H and O–H groups in total. The molecule has 0 aromatic heterocycles. The molecule has 0 unspecified atom stereocenters. The second kappa shape index (κ2) is 3.81. The summed E-state index contributed by atoms with van der Waals surface area (Å²) in [6.07, 6.45) is 0.739. The molecule has 7 nitrogen and oxygen atoms in total. The maximum Gasteiger partial charge on any atom is 0.355 e. The zero-order valence-corrected chi connectivity index (χ0v) is 8.54. The van der Waals surface area contributed by atoms with Gasteiger partial charge in [0, 0.05) is 6.54 Å². The van der Waals surface area contributed by atoms with Crippen LogP contribution in [0.5, 0.6) is 0 Å². The number of likely N-dealkylation sites (N-methyl/N-ethyl adjacent to an activating group) is 1. The van der Waals surface area contributed by atoms with E-state index in [1.165, 1.54) is 0 Å². The van der Waals surface area contributed by atoms with Crippen molar-refractivity contribution in [2.45, 2.75) is 6.92 Å². The molecule has 0 atom stereocenters. The van der Waals surface area contributed by atoms with E-state index >= 15 is 0 Å². The molecule has 0 radical (unpaired) electrons. The van der Waals surface area contributed by atoms with E-state index in [0.29, 0.717) is 0 Å². The molecule has 0 saturated carbocycles. The predicted octanol–water partition coefficient (Wildman–Crippen LogP) is -1.12. The number of hydrogen-bond acceptors (Lipinski definition) is 4. The fourth-order valence-electron chi connectivity index (χ4n) is 0.935. The smallest absolute Gasteiger partial charge is 0.355 e. The molecule has 8 heteroatoms. The molecule has 1 rings (SSSR count). The third-order valence-electron chi connectivity index (χ3n) is 1.54. The number of hydrogen-bond donors (Lipinski definition) is 2. The first-order valence-corrected chi connectivity index (χ1v) is 5.40. The fourth-order valence-corrected chi connectivity index (χ4v) is 1.99. The Balaban J connectivity index is 3.10. The maximum atomic E-state index is 11.2. The van der Waals surface area contributed by atoms with Crippen LogP contribution in [0.25, 0.3) is 0 Å². The van der Waals surface area contributed by atoms with Crippen molar-refractivity contribution in [2.24, 2.45) is 4.40 Å². The molecular weight excluding hydrogens is 224 g/mol. The Kier molecular flexibility index (Phi) is 2.89. The van der Waals surface area contributed by atoms with E-state index in [2.05, 4.69) is 9.71 Å². The standard InChI is InChI=1S/C7H8N2O5S/c1-2-8-6(10)5-3-4(7(11)12)9-15(5,13)14/h3H,2H2,1H3,(H,8,10)(H,11,12). The number of carbonyl (C=O) groups excluding carboxylic acids is 1. The van der Waals surface area contributed by atoms with Crippen LogP contribution >= 0.6 is 0 Å². The lowest BCUT2D eigenvalue weighted by atomic mass is 10.3. The second-order valence-electron chi connectivity index (χ2n) is 2.62. The summed E-state index contributed by atoms with van der Waals surface area (Å²) in [6, 6.07) is 0. The van der Waals surface area contributed by atoms with E-state index in [0.717, 1.165) is 6.08 Å². The van der Waals surface area contributed by atoms with E-state index in [9.17, 15) is 18.0 Å². The van der Waals surface area contributed by atoms with Gasteiger partial charge in [0.05, 0.1) is 0 Å². The Hall–Kier alpha value is -1.70. The highest BCUT2D eigenvalue weighted by molar-refractivity contribution is 7.95. The van der Waals surface area contributed by atoms with Crippen LogP contribution in [-0.4, -0.2) is 37.7 Å². The molecule has 0 saturated heterocycles. The van der Waals surface area contributed by atoms with Crippen LogP contribution in [0.3, 0.4) is 0 Å². The predicted molar refractivity (Wildman–Crippen MR) is 50.8 cm³/mol. The first-order chi connectivity index (χ1) is 6.88. The van der Waals surface area contributed by atoms with E-state index in [4.69, 9.17) is 5.11 Å². The number of sulfonamides is 1. The van der Waals surface area contributed by atoms with Crippen molar-refractivity contribution in [3.8, 4) is 0 Å². The van der Waals surface area contributed by atoms with Crippen molar-refractivity contribution in [3.63, 3.8) is 0 Å². The second-order valence-corrected chi connectivity index (χ2v) is 4.20. The number of carbonyl (C=O) groups is 2. The molecule has 1 heterocycles. The minimum Gasteiger partial charge on any atom is -0.476 e. The molecule has 0 aromatic rings. The van der Waals surface area contributed by atoms with Crippen LogP contribution in [0.1, 0.15) is 6.92 Å². The number of rotatable bonds is 3. The van der Waals surface area contributed by atoms with Gasteiger partial charge in [-0.15, -0.1) is 0 Å². The van der Waals surface area contributed by atoms with Crippen molar-refractivity contribution >= 4 is 27.6 Å². The monoisotopic (exact) mass is 232 g/mol. The average Bonchev–Trinajstić information content (AvgIpc) is 2.42. The molecule has 15 heavy (non-hydrogen) atoms. The van der Waals surface area contributed by atoms with Crippen LogP contribution in [-0.2, 0) is 19.6 Å². The van der Waals surface area contributed by atoms with E-state index in [1.54, 1.807) is 6.92 Å². The zero-order chi connectivity index (χ0) is 11.6. The summed E-state index contributed by atoms with van der Waals surface area (Å²) in [6.45, 7) is 1.85. The number of aliphatic carboxylic acids is 1. The number of nitrogens with one attached hydrogen (secondary N) is 1. The van der Waals surface area contributed by atoms with Gasteiger partial charge in [0.1, 0.15) is 0 Å². The summed E-state index contributed by atoms with van der Waals surface area (Å²) < 4.78 is 25.4. The van der Waals surface area contributed by atoms with Gasteiger partial charge in [0.15, 0.2) is 10.6 Å². The van der Waals surface area contributed by atoms with Gasteiger partial charge < -0.3 is 10.4 Å². The first-order valence-electron chi connectivity index (χ1n) is 3.96. The van der Waals surface area contributed by atoms with Gasteiger partial charge in [0.25, 0.3) is 15.9 Å². The number of carboxylic acids is 1. The molecular formula is C7H8N2O5S. The average molecular weight is 232 g/mol. The molecule has 1 aliphatic heterocycles. The van der Waals surface area contributed by atoms with Gasteiger partial charge in [-0.05, 0) is 13.0 Å². The van der Waals surface area contributed by atoms with Crippen molar-refractivity contribution in [2.75, 3.05) is 6.54 Å². The summed E-state index contributed by atoms with van der Waals surface area (Å²) in [4.78, 5) is 21.0. The van der Waals surface area contributed by atoms with E-state index < -0.39 is 32.5 Å². The SMILES string of the molecule is CCNC(=O)C1=CC(C(=O)O)=NS1(=O)=O. The molecule has 0 spiro atoms. The van der Waals surface area contributed by atoms with Crippen molar-refractivity contribution < 1.29 is 23.1 Å². The van der Waals surface area contributed by atoms with Gasteiger partial charge in [-0.2, -0.15) is 12.8 Å². The number of nitrogens with zero attached hydrogens (tertiary/aromatic N) is 1. The Bertz CT molecular complexity index is 474.